The zero-order valence-electron chi connectivity index (χ0n) is 19.8. The van der Waals surface area contributed by atoms with Crippen molar-refractivity contribution in [2.24, 2.45) is 0 Å². The number of amides is 1. The van der Waals surface area contributed by atoms with Crippen LogP contribution in [0.2, 0.25) is 0 Å². The second kappa shape index (κ2) is 17.7. The number of nitrogens with zero attached hydrogens (tertiary/aromatic N) is 1. The Hall–Kier alpha value is -2.87. The number of nitrogens with one attached hydrogen (secondary N) is 1. The Labute approximate surface area is 195 Å². The Morgan fingerprint density at radius 1 is 0.909 bits per heavy atom. The molecule has 2 aliphatic rings. The molecule has 2 saturated heterocycles. The van der Waals surface area contributed by atoms with Gasteiger partial charge in [0.2, 0.25) is 0 Å². The minimum absolute atomic E-state index is 0.0229. The Balaban J connectivity index is 0.000000261. The molecule has 2 fully saturated rings. The minimum atomic E-state index is -1.00. The number of ether oxygens (including phenoxy) is 1. The average Bonchev–Trinajstić information content (AvgIpc) is 2.88. The predicted molar refractivity (Wildman–Crippen MR) is 123 cm³/mol. The zero-order chi connectivity index (χ0) is 25.0. The molecule has 1 N–H and O–H groups in total. The number of benzene rings is 2. The fraction of sp³-hybridized carbons (Fsp3) is 0.440. The SMILES string of the molecule is C1CCNCC1.O=C(c1ccc(F)cc1)N1CCCCC1.O=COc1ccc(F)cc1.[2H]CF. The Bertz CT molecular complexity index is 787. The van der Waals surface area contributed by atoms with Crippen LogP contribution in [0.3, 0.4) is 0 Å². The Morgan fingerprint density at radius 2 is 1.39 bits per heavy atom. The number of hydrogen-bond donors (Lipinski definition) is 1. The summed E-state index contributed by atoms with van der Waals surface area (Å²) in [6, 6.07) is 11.0. The van der Waals surface area contributed by atoms with Crippen LogP contribution in [0.25, 0.3) is 0 Å². The number of alkyl halides is 1. The van der Waals surface area contributed by atoms with Crippen molar-refractivity contribution >= 4 is 12.4 Å². The molecule has 0 aromatic heterocycles. The molecular formula is C25H33F3N2O3. The molecule has 2 aromatic rings. The second-order valence-corrected chi connectivity index (χ2v) is 7.34. The molecule has 182 valence electrons. The van der Waals surface area contributed by atoms with E-state index in [0.29, 0.717) is 17.8 Å². The maximum atomic E-state index is 12.7. The summed E-state index contributed by atoms with van der Waals surface area (Å²) in [5.41, 5.74) is 0.582. The van der Waals surface area contributed by atoms with Crippen molar-refractivity contribution in [2.75, 3.05) is 33.3 Å². The van der Waals surface area contributed by atoms with Crippen molar-refractivity contribution in [1.29, 1.82) is 0 Å². The first-order valence-corrected chi connectivity index (χ1v) is 11.0. The van der Waals surface area contributed by atoms with E-state index in [9.17, 15) is 22.8 Å². The monoisotopic (exact) mass is 467 g/mol. The van der Waals surface area contributed by atoms with E-state index >= 15 is 0 Å². The van der Waals surface area contributed by atoms with Crippen LogP contribution in [0.4, 0.5) is 13.2 Å². The van der Waals surface area contributed by atoms with Crippen molar-refractivity contribution in [3.05, 3.63) is 65.7 Å². The lowest BCUT2D eigenvalue weighted by atomic mass is 10.1. The minimum Gasteiger partial charge on any atom is -0.429 e. The normalized spacial score (nSPS) is 15.1. The first-order chi connectivity index (χ1) is 16.5. The molecule has 0 bridgehead atoms. The highest BCUT2D eigenvalue weighted by atomic mass is 19.1. The van der Waals surface area contributed by atoms with Gasteiger partial charge in [-0.1, -0.05) is 6.42 Å². The number of likely N-dealkylation sites (tertiary alicyclic amines) is 1. The van der Waals surface area contributed by atoms with Gasteiger partial charge in [-0.05, 0) is 93.7 Å². The third kappa shape index (κ3) is 12.1. The Kier molecular flexibility index (Phi) is 14.1. The molecule has 2 aliphatic heterocycles. The second-order valence-electron chi connectivity index (χ2n) is 7.34. The summed E-state index contributed by atoms with van der Waals surface area (Å²) in [5, 5.41) is 3.28. The molecule has 8 heteroatoms. The molecule has 0 saturated carbocycles. The molecule has 0 aliphatic carbocycles. The van der Waals surface area contributed by atoms with Crippen molar-refractivity contribution in [3.63, 3.8) is 0 Å². The van der Waals surface area contributed by atoms with E-state index in [0.717, 1.165) is 25.9 Å². The van der Waals surface area contributed by atoms with Crippen molar-refractivity contribution in [2.45, 2.75) is 38.5 Å². The lowest BCUT2D eigenvalue weighted by Crippen LogP contribution is -2.35. The fourth-order valence-corrected chi connectivity index (χ4v) is 3.24. The maximum absolute atomic E-state index is 12.7. The van der Waals surface area contributed by atoms with Gasteiger partial charge in [0.05, 0.1) is 8.52 Å². The van der Waals surface area contributed by atoms with Crippen LogP contribution in [-0.2, 0) is 4.79 Å². The van der Waals surface area contributed by atoms with E-state index < -0.39 is 7.15 Å². The summed E-state index contributed by atoms with van der Waals surface area (Å²) in [4.78, 5) is 23.5. The van der Waals surface area contributed by atoms with E-state index in [1.807, 2.05) is 4.90 Å². The molecule has 2 aromatic carbocycles. The van der Waals surface area contributed by atoms with Crippen LogP contribution in [0.1, 0.15) is 50.3 Å². The average molecular weight is 468 g/mol. The van der Waals surface area contributed by atoms with Crippen LogP contribution in [0.15, 0.2) is 48.5 Å². The molecule has 0 radical (unpaired) electrons. The van der Waals surface area contributed by atoms with Crippen molar-refractivity contribution in [1.82, 2.24) is 10.2 Å². The van der Waals surface area contributed by atoms with Crippen LogP contribution >= 0.6 is 0 Å². The van der Waals surface area contributed by atoms with Crippen LogP contribution < -0.4 is 10.1 Å². The van der Waals surface area contributed by atoms with Crippen LogP contribution in [-0.4, -0.2) is 50.6 Å². The molecule has 5 nitrogen and oxygen atoms in total. The summed E-state index contributed by atoms with van der Waals surface area (Å²) in [7, 11) is -1.00. The van der Waals surface area contributed by atoms with E-state index in [-0.39, 0.29) is 17.5 Å². The smallest absolute Gasteiger partial charge is 0.298 e. The molecule has 2 heterocycles. The number of hydrogen-bond acceptors (Lipinski definition) is 4. The van der Waals surface area contributed by atoms with Gasteiger partial charge in [-0.2, -0.15) is 0 Å². The molecule has 33 heavy (non-hydrogen) atoms. The van der Waals surface area contributed by atoms with E-state index in [1.165, 1.54) is 75.2 Å². The third-order valence-electron chi connectivity index (χ3n) is 4.94. The fourth-order valence-electron chi connectivity index (χ4n) is 3.24. The van der Waals surface area contributed by atoms with E-state index in [4.69, 9.17) is 1.37 Å². The zero-order valence-corrected chi connectivity index (χ0v) is 18.8. The van der Waals surface area contributed by atoms with Gasteiger partial charge in [0, 0.05) is 18.7 Å². The van der Waals surface area contributed by atoms with Gasteiger partial charge in [-0.25, -0.2) is 8.78 Å². The molecule has 0 spiro atoms. The van der Waals surface area contributed by atoms with Gasteiger partial charge < -0.3 is 15.0 Å². The number of carbonyl (C=O) groups excluding carboxylic acids is 2. The van der Waals surface area contributed by atoms with Crippen LogP contribution in [0, 0.1) is 11.6 Å². The summed E-state index contributed by atoms with van der Waals surface area (Å²) in [6.07, 6.45) is 7.57. The highest BCUT2D eigenvalue weighted by molar-refractivity contribution is 5.94. The summed E-state index contributed by atoms with van der Waals surface area (Å²) in [6.45, 7) is 4.46. The number of piperidine rings is 2. The van der Waals surface area contributed by atoms with Crippen LogP contribution in [0.5, 0.6) is 5.75 Å². The van der Waals surface area contributed by atoms with Gasteiger partial charge in [-0.3, -0.25) is 14.0 Å². The number of rotatable bonds is 3. The Morgan fingerprint density at radius 3 is 1.82 bits per heavy atom. The quantitative estimate of drug-likeness (QED) is 0.634. The maximum Gasteiger partial charge on any atom is 0.298 e. The third-order valence-corrected chi connectivity index (χ3v) is 4.94. The molecule has 0 unspecified atom stereocenters. The topological polar surface area (TPSA) is 58.6 Å². The summed E-state index contributed by atoms with van der Waals surface area (Å²) < 4.78 is 44.8. The van der Waals surface area contributed by atoms with Crippen molar-refractivity contribution in [3.8, 4) is 5.75 Å². The highest BCUT2D eigenvalue weighted by Gasteiger charge is 2.17. The molecule has 1 amide bonds. The molecule has 4 rings (SSSR count). The van der Waals surface area contributed by atoms with Gasteiger partial charge in [0.25, 0.3) is 12.4 Å². The standard InChI is InChI=1S/C12H14FNO.C7H5FO2.C5H11N.CH3F/c13-11-6-4-10(5-7-11)12(15)14-8-2-1-3-9-14;8-6-1-3-7(4-2-6)10-5-9;1-2-4-6-5-3-1;1-2/h4-7H,1-3,8-9H2;1-5H;6H,1-5H2;1H3/i;;;1D. The highest BCUT2D eigenvalue weighted by Crippen LogP contribution is 2.13. The van der Waals surface area contributed by atoms with E-state index in [1.54, 1.807) is 12.1 Å². The van der Waals surface area contributed by atoms with E-state index in [2.05, 4.69) is 10.1 Å². The number of halogens is 3. The van der Waals surface area contributed by atoms with Gasteiger partial charge in [0.15, 0.2) is 0 Å². The van der Waals surface area contributed by atoms with Gasteiger partial charge >= 0.3 is 0 Å². The van der Waals surface area contributed by atoms with Gasteiger partial charge in [-0.15, -0.1) is 0 Å². The predicted octanol–water partition coefficient (Wildman–Crippen LogP) is 5.16. The van der Waals surface area contributed by atoms with Gasteiger partial charge in [0.1, 0.15) is 17.4 Å². The number of carbonyl (C=O) groups is 2. The largest absolute Gasteiger partial charge is 0.429 e. The lowest BCUT2D eigenvalue weighted by Gasteiger charge is -2.26. The van der Waals surface area contributed by atoms with Crippen molar-refractivity contribution < 1.29 is 28.9 Å². The summed E-state index contributed by atoms with van der Waals surface area (Å²) in [5.74, 6) is -0.283. The lowest BCUT2D eigenvalue weighted by molar-refractivity contribution is -0.120. The first kappa shape index (κ1) is 26.4. The first-order valence-electron chi connectivity index (χ1n) is 11.7. The summed E-state index contributed by atoms with van der Waals surface area (Å²) >= 11 is 0. The molecule has 0 atom stereocenters. The molecular weight excluding hydrogens is 433 g/mol.